The average Bonchev–Trinajstić information content (AvgIpc) is 3.30. The molecule has 2 saturated heterocycles. The van der Waals surface area contributed by atoms with Gasteiger partial charge in [-0.1, -0.05) is 18.2 Å². The number of hydrogen-bond acceptors (Lipinski definition) is 7. The highest BCUT2D eigenvalue weighted by atomic mass is 16.7. The molecule has 2 aromatic heterocycles. The lowest BCUT2D eigenvalue weighted by Gasteiger charge is -2.18. The average molecular weight is 377 g/mol. The van der Waals surface area contributed by atoms with E-state index in [2.05, 4.69) is 21.4 Å². The Kier molecular flexibility index (Phi) is 3.84. The van der Waals surface area contributed by atoms with E-state index in [9.17, 15) is 15.2 Å². The van der Waals surface area contributed by atoms with E-state index >= 15 is 0 Å². The number of anilines is 1. The number of hydrogen-bond donors (Lipinski definition) is 2. The van der Waals surface area contributed by atoms with Crippen molar-refractivity contribution >= 4 is 22.8 Å². The lowest BCUT2D eigenvalue weighted by molar-refractivity contribution is -0.0821. The minimum Gasteiger partial charge on any atom is -0.394 e. The van der Waals surface area contributed by atoms with Gasteiger partial charge in [-0.05, 0) is 12.1 Å². The molecular weight excluding hydrogens is 362 g/mol. The maximum atomic E-state index is 12.5. The summed E-state index contributed by atoms with van der Waals surface area (Å²) in [5.41, 5.74) is 1.24. The van der Waals surface area contributed by atoms with E-state index in [1.54, 1.807) is 35.0 Å². The van der Waals surface area contributed by atoms with Crippen LogP contribution >= 0.6 is 0 Å². The fourth-order valence-corrected chi connectivity index (χ4v) is 3.60. The quantitative estimate of drug-likeness (QED) is 0.655. The number of carbonyl (C=O) groups is 1. The van der Waals surface area contributed by atoms with E-state index in [1.165, 1.54) is 6.33 Å². The molecule has 2 fully saturated rings. The number of ether oxygens (including phenoxy) is 2. The molecule has 28 heavy (non-hydrogen) atoms. The normalized spacial score (nSPS) is 25.3. The Labute approximate surface area is 159 Å². The highest BCUT2D eigenvalue weighted by molar-refractivity contribution is 6.08. The highest BCUT2D eigenvalue weighted by Gasteiger charge is 2.58. The van der Waals surface area contributed by atoms with Crippen LogP contribution in [0.1, 0.15) is 22.1 Å². The van der Waals surface area contributed by atoms with Gasteiger partial charge in [-0.2, -0.15) is 5.26 Å². The zero-order chi connectivity index (χ0) is 19.3. The molecule has 0 saturated carbocycles. The Morgan fingerprint density at radius 2 is 2.07 bits per heavy atom. The molecule has 140 valence electrons. The van der Waals surface area contributed by atoms with E-state index in [1.807, 2.05) is 6.07 Å². The van der Waals surface area contributed by atoms with Gasteiger partial charge in [-0.15, -0.1) is 0 Å². The van der Waals surface area contributed by atoms with Gasteiger partial charge in [0.1, 0.15) is 42.2 Å². The first-order valence-electron chi connectivity index (χ1n) is 8.75. The number of rotatable bonds is 4. The van der Waals surface area contributed by atoms with Gasteiger partial charge in [0.25, 0.3) is 5.91 Å². The van der Waals surface area contributed by atoms with Crippen LogP contribution in [0.3, 0.4) is 0 Å². The fraction of sp³-hybridized carbons (Fsp3) is 0.263. The lowest BCUT2D eigenvalue weighted by atomic mass is 10.2. The van der Waals surface area contributed by atoms with Gasteiger partial charge in [0.2, 0.25) is 0 Å². The molecule has 0 spiro atoms. The summed E-state index contributed by atoms with van der Waals surface area (Å²) in [7, 11) is 0. The van der Waals surface area contributed by atoms with Crippen LogP contribution in [0.15, 0.2) is 42.9 Å². The molecule has 9 nitrogen and oxygen atoms in total. The summed E-state index contributed by atoms with van der Waals surface area (Å²) in [4.78, 5) is 21.0. The number of aromatic nitrogens is 3. The van der Waals surface area contributed by atoms with E-state index in [4.69, 9.17) is 9.47 Å². The molecule has 3 aromatic rings. The number of epoxide rings is 1. The minimum atomic E-state index is -0.501. The molecule has 9 heteroatoms. The second-order valence-corrected chi connectivity index (χ2v) is 6.62. The second-order valence-electron chi connectivity index (χ2n) is 6.62. The fourth-order valence-electron chi connectivity index (χ4n) is 3.60. The number of nitriles is 1. The Balaban J connectivity index is 1.55. The zero-order valence-electron chi connectivity index (χ0n) is 14.5. The van der Waals surface area contributed by atoms with Crippen LogP contribution in [-0.4, -0.2) is 50.5 Å². The first-order valence-corrected chi connectivity index (χ1v) is 8.75. The zero-order valence-corrected chi connectivity index (χ0v) is 14.5. The Morgan fingerprint density at radius 1 is 1.25 bits per heavy atom. The molecule has 1 aromatic carbocycles. The van der Waals surface area contributed by atoms with Crippen molar-refractivity contribution in [1.29, 1.82) is 5.26 Å². The van der Waals surface area contributed by atoms with Crippen LogP contribution in [-0.2, 0) is 9.47 Å². The molecule has 5 rings (SSSR count). The summed E-state index contributed by atoms with van der Waals surface area (Å²) in [6.45, 7) is -0.144. The van der Waals surface area contributed by atoms with Gasteiger partial charge in [0.15, 0.2) is 6.23 Å². The number of aliphatic hydroxyl groups is 1. The van der Waals surface area contributed by atoms with Gasteiger partial charge in [-0.3, -0.25) is 4.79 Å². The summed E-state index contributed by atoms with van der Waals surface area (Å²) >= 11 is 0. The summed E-state index contributed by atoms with van der Waals surface area (Å²) in [6.07, 6.45) is 1.68. The first-order chi connectivity index (χ1) is 13.7. The van der Waals surface area contributed by atoms with Gasteiger partial charge in [0, 0.05) is 11.8 Å². The first kappa shape index (κ1) is 16.8. The van der Waals surface area contributed by atoms with Crippen molar-refractivity contribution in [2.45, 2.75) is 24.5 Å². The Morgan fingerprint density at radius 3 is 2.79 bits per heavy atom. The Hall–Kier alpha value is -3.32. The Bertz CT molecular complexity index is 1110. The molecule has 1 amide bonds. The highest BCUT2D eigenvalue weighted by Crippen LogP contribution is 2.46. The number of nitrogens with one attached hydrogen (secondary N) is 1. The molecule has 0 radical (unpaired) electrons. The number of benzene rings is 1. The van der Waals surface area contributed by atoms with Crippen LogP contribution < -0.4 is 5.32 Å². The molecule has 2 N–H and O–H groups in total. The smallest absolute Gasteiger partial charge is 0.256 e. The summed E-state index contributed by atoms with van der Waals surface area (Å²) in [5.74, 6) is -0.0839. The van der Waals surface area contributed by atoms with Crippen molar-refractivity contribution in [2.24, 2.45) is 0 Å². The number of fused-ring (bicyclic) bond motifs is 2. The van der Waals surface area contributed by atoms with E-state index < -0.39 is 12.3 Å². The van der Waals surface area contributed by atoms with Gasteiger partial charge in [0.05, 0.1) is 17.6 Å². The molecule has 0 unspecified atom stereocenters. The van der Waals surface area contributed by atoms with Crippen molar-refractivity contribution in [1.82, 2.24) is 14.5 Å². The minimum absolute atomic E-state index is 0.144. The monoisotopic (exact) mass is 377 g/mol. The molecule has 4 atom stereocenters. The van der Waals surface area contributed by atoms with Crippen LogP contribution in [0.25, 0.3) is 11.0 Å². The predicted octanol–water partition coefficient (Wildman–Crippen LogP) is 1.21. The van der Waals surface area contributed by atoms with E-state index in [0.717, 1.165) is 0 Å². The predicted molar refractivity (Wildman–Crippen MR) is 96.3 cm³/mol. The van der Waals surface area contributed by atoms with Gasteiger partial charge in [-0.25, -0.2) is 9.97 Å². The van der Waals surface area contributed by atoms with Crippen molar-refractivity contribution in [3.8, 4) is 6.07 Å². The third kappa shape index (κ3) is 2.55. The third-order valence-corrected chi connectivity index (χ3v) is 4.97. The van der Waals surface area contributed by atoms with Crippen LogP contribution in [0.4, 0.5) is 5.82 Å². The standard InChI is InChI=1S/C19H15N5O4/c20-6-11-7-24(19-15-14(28-15)12(8-25)27-19)17-13(11)16(21-9-22-17)23-18(26)10-4-2-1-3-5-10/h1-5,7,9,12,14-15,19,25H,8H2,(H,21,22,23,26)/t12-,14-,15+,19+/m0/s1. The molecule has 4 heterocycles. The maximum Gasteiger partial charge on any atom is 0.256 e. The van der Waals surface area contributed by atoms with Crippen LogP contribution in [0.2, 0.25) is 0 Å². The maximum absolute atomic E-state index is 12.5. The van der Waals surface area contributed by atoms with Gasteiger partial charge >= 0.3 is 0 Å². The summed E-state index contributed by atoms with van der Waals surface area (Å²) in [6, 6.07) is 10.9. The lowest BCUT2D eigenvalue weighted by Crippen LogP contribution is -2.22. The number of nitrogens with zero attached hydrogens (tertiary/aromatic N) is 4. The van der Waals surface area contributed by atoms with Gasteiger partial charge < -0.3 is 24.5 Å². The molecular formula is C19H15N5O4. The molecule has 2 aliphatic heterocycles. The number of aliphatic hydroxyl groups excluding tert-OH is 1. The van der Waals surface area contributed by atoms with Crippen molar-refractivity contribution < 1.29 is 19.4 Å². The topological polar surface area (TPSA) is 126 Å². The number of carbonyl (C=O) groups excluding carboxylic acids is 1. The molecule has 0 aliphatic carbocycles. The second kappa shape index (κ2) is 6.38. The van der Waals surface area contributed by atoms with E-state index in [-0.39, 0.29) is 30.5 Å². The largest absolute Gasteiger partial charge is 0.394 e. The molecule has 2 aliphatic rings. The van der Waals surface area contributed by atoms with Crippen molar-refractivity contribution in [2.75, 3.05) is 11.9 Å². The van der Waals surface area contributed by atoms with E-state index in [0.29, 0.717) is 22.2 Å². The SMILES string of the molecule is N#Cc1cn([C@@H]2O[C@@H](CO)[C@@H]3O[C@H]32)c2ncnc(NC(=O)c3ccccc3)c12. The van der Waals surface area contributed by atoms with Crippen LogP contribution in [0, 0.1) is 11.3 Å². The van der Waals surface area contributed by atoms with Crippen molar-refractivity contribution in [3.05, 3.63) is 54.0 Å². The van der Waals surface area contributed by atoms with Crippen LogP contribution in [0.5, 0.6) is 0 Å². The third-order valence-electron chi connectivity index (χ3n) is 4.97. The summed E-state index contributed by atoms with van der Waals surface area (Å²) < 4.78 is 13.1. The van der Waals surface area contributed by atoms with Crippen molar-refractivity contribution in [3.63, 3.8) is 0 Å². The number of amides is 1. The summed E-state index contributed by atoms with van der Waals surface area (Å²) in [5, 5.41) is 22.2. The molecule has 0 bridgehead atoms.